The van der Waals surface area contributed by atoms with Crippen molar-refractivity contribution in [3.8, 4) is 0 Å². The molecule has 1 unspecified atom stereocenters. The van der Waals surface area contributed by atoms with Gasteiger partial charge in [0, 0.05) is 12.8 Å². The number of hydrogen-bond donors (Lipinski definition) is 3. The first-order chi connectivity index (χ1) is 28.7. The Hall–Kier alpha value is -3.89. The average molecular weight is 841 g/mol. The van der Waals surface area contributed by atoms with Crippen molar-refractivity contribution in [1.29, 1.82) is 0 Å². The van der Waals surface area contributed by atoms with Gasteiger partial charge < -0.3 is 24.6 Å². The number of aliphatic hydroxyl groups excluding tert-OH is 2. The molecule has 0 saturated carbocycles. The van der Waals surface area contributed by atoms with Crippen molar-refractivity contribution in [2.45, 2.75) is 129 Å². The summed E-state index contributed by atoms with van der Waals surface area (Å²) in [6.45, 7) is 1.96. The molecule has 10 nitrogen and oxygen atoms in total. The highest BCUT2D eigenvalue weighted by atomic mass is 31.2. The number of esters is 2. The smallest absolute Gasteiger partial charge is 0.462 e. The molecule has 0 amide bonds. The number of hydrogen-bond acceptors (Lipinski definition) is 9. The van der Waals surface area contributed by atoms with Crippen molar-refractivity contribution in [3.63, 3.8) is 0 Å². The van der Waals surface area contributed by atoms with Crippen LogP contribution in [0, 0.1) is 0 Å². The van der Waals surface area contributed by atoms with Crippen LogP contribution in [0.25, 0.3) is 0 Å². The van der Waals surface area contributed by atoms with Crippen molar-refractivity contribution in [2.24, 2.45) is 0 Å². The van der Waals surface area contributed by atoms with Gasteiger partial charge >= 0.3 is 19.8 Å². The summed E-state index contributed by atoms with van der Waals surface area (Å²) in [5.41, 5.74) is 0. The second kappa shape index (κ2) is 42.2. The lowest BCUT2D eigenvalue weighted by atomic mass is 10.2. The number of unbranched alkanes of at least 4 members (excludes halogenated alkanes) is 1. The van der Waals surface area contributed by atoms with Crippen LogP contribution in [0.2, 0.25) is 0 Å². The molecule has 0 rings (SSSR count). The maximum atomic E-state index is 12.6. The van der Waals surface area contributed by atoms with Gasteiger partial charge in [-0.05, 0) is 89.9 Å². The molecule has 0 aromatic rings. The fourth-order valence-electron chi connectivity index (χ4n) is 4.64. The average Bonchev–Trinajstić information content (AvgIpc) is 3.22. The van der Waals surface area contributed by atoms with E-state index in [2.05, 4.69) is 128 Å². The van der Waals surface area contributed by atoms with Crippen molar-refractivity contribution in [2.75, 3.05) is 26.4 Å². The molecule has 3 atom stereocenters. The molecule has 0 aliphatic heterocycles. The minimum Gasteiger partial charge on any atom is -0.462 e. The maximum absolute atomic E-state index is 12.6. The Balaban J connectivity index is 4.56. The van der Waals surface area contributed by atoms with Gasteiger partial charge in [-0.1, -0.05) is 148 Å². The predicted molar refractivity (Wildman–Crippen MR) is 241 cm³/mol. The molecule has 0 aliphatic rings. The summed E-state index contributed by atoms with van der Waals surface area (Å²) < 4.78 is 32.5. The minimum atomic E-state index is -4.66. The minimum absolute atomic E-state index is 0.0808. The third kappa shape index (κ3) is 42.1. The lowest BCUT2D eigenvalue weighted by Gasteiger charge is -2.20. The van der Waals surface area contributed by atoms with Crippen LogP contribution in [-0.4, -0.2) is 65.7 Å². The van der Waals surface area contributed by atoms with Gasteiger partial charge in [0.25, 0.3) is 0 Å². The highest BCUT2D eigenvalue weighted by Crippen LogP contribution is 2.43. The first-order valence-corrected chi connectivity index (χ1v) is 22.6. The van der Waals surface area contributed by atoms with E-state index in [0.29, 0.717) is 19.3 Å². The Kier molecular flexibility index (Phi) is 39.5. The van der Waals surface area contributed by atoms with Gasteiger partial charge in [-0.15, -0.1) is 0 Å². The van der Waals surface area contributed by atoms with Gasteiger partial charge in [-0.3, -0.25) is 18.6 Å². The van der Waals surface area contributed by atoms with E-state index in [-0.39, 0.29) is 19.4 Å². The highest BCUT2D eigenvalue weighted by Gasteiger charge is 2.27. The largest absolute Gasteiger partial charge is 0.472 e. The Morgan fingerprint density at radius 1 is 0.508 bits per heavy atom. The number of rotatable bonds is 37. The molecule has 330 valence electrons. The van der Waals surface area contributed by atoms with Gasteiger partial charge in [0.15, 0.2) is 6.10 Å². The molecule has 59 heavy (non-hydrogen) atoms. The normalized spacial score (nSPS) is 15.1. The van der Waals surface area contributed by atoms with E-state index >= 15 is 0 Å². The van der Waals surface area contributed by atoms with Gasteiger partial charge in [0.2, 0.25) is 0 Å². The zero-order valence-corrected chi connectivity index (χ0v) is 36.5. The standard InChI is InChI=1S/C48H73O10P/c1-3-5-7-9-11-13-15-17-19-21-22-24-25-27-29-31-33-35-37-39-47(51)55-43-46(44-57-59(53,54)56-42-45(50)41-49)58-48(52)40-38-36-34-32-30-28-26-23-20-18-16-14-12-10-8-6-4-2/h5-8,11-14,17-20,22,24,26-29,32-35,45-46,49-50H,3-4,9-10,15-16,21,23,25,30-31,36-44H2,1-2H3,(H,53,54)/b7-5-,8-6-,13-11-,14-12-,19-17-,20-18-,24-22-,28-26-,29-27-,34-32-,35-33-/t45-,46+/m0/s1. The zero-order chi connectivity index (χ0) is 43.3. The van der Waals surface area contributed by atoms with Gasteiger partial charge in [0.05, 0.1) is 19.8 Å². The van der Waals surface area contributed by atoms with Crippen molar-refractivity contribution >= 4 is 19.8 Å². The third-order valence-corrected chi connectivity index (χ3v) is 8.76. The molecule has 0 fully saturated rings. The zero-order valence-electron chi connectivity index (χ0n) is 35.6. The lowest BCUT2D eigenvalue weighted by molar-refractivity contribution is -0.161. The number of allylic oxidation sites excluding steroid dienone is 22. The van der Waals surface area contributed by atoms with Gasteiger partial charge in [-0.25, -0.2) is 4.57 Å². The third-order valence-electron chi connectivity index (χ3n) is 7.81. The first kappa shape index (κ1) is 55.1. The SMILES string of the molecule is CC/C=C\C/C=C\C/C=C\C/C=C\C/C=C\C/C=C\CCC(=O)OC[C@H](COP(=O)(O)OC[C@@H](O)CO)OC(=O)CCC/C=C\C/C=C\C/C=C\C/C=C\C/C=C\CC. The lowest BCUT2D eigenvalue weighted by Crippen LogP contribution is -2.29. The Morgan fingerprint density at radius 2 is 0.881 bits per heavy atom. The fourth-order valence-corrected chi connectivity index (χ4v) is 5.43. The van der Waals surface area contributed by atoms with Crippen LogP contribution in [0.4, 0.5) is 0 Å². The molecule has 0 saturated heterocycles. The molecule has 0 aromatic carbocycles. The summed E-state index contributed by atoms with van der Waals surface area (Å²) in [5, 5.41) is 18.3. The first-order valence-electron chi connectivity index (χ1n) is 21.1. The van der Waals surface area contributed by atoms with Crippen LogP contribution in [-0.2, 0) is 32.7 Å². The molecule has 0 heterocycles. The van der Waals surface area contributed by atoms with E-state index in [1.807, 2.05) is 24.3 Å². The van der Waals surface area contributed by atoms with Crippen LogP contribution in [0.1, 0.15) is 117 Å². The number of carbonyl (C=O) groups excluding carboxylic acids is 2. The number of carbonyl (C=O) groups is 2. The Bertz CT molecular complexity index is 1430. The van der Waals surface area contributed by atoms with Crippen molar-refractivity contribution < 1.29 is 47.8 Å². The number of ether oxygens (including phenoxy) is 2. The molecule has 0 spiro atoms. The van der Waals surface area contributed by atoms with Crippen LogP contribution in [0.15, 0.2) is 134 Å². The molecular weight excluding hydrogens is 767 g/mol. The van der Waals surface area contributed by atoms with Crippen LogP contribution < -0.4 is 0 Å². The van der Waals surface area contributed by atoms with Gasteiger partial charge in [0.1, 0.15) is 12.7 Å². The van der Waals surface area contributed by atoms with Crippen molar-refractivity contribution in [3.05, 3.63) is 134 Å². The second-order valence-corrected chi connectivity index (χ2v) is 14.7. The van der Waals surface area contributed by atoms with E-state index in [4.69, 9.17) is 19.1 Å². The highest BCUT2D eigenvalue weighted by molar-refractivity contribution is 7.47. The molecule has 0 aliphatic carbocycles. The summed E-state index contributed by atoms with van der Waals surface area (Å²) in [5.74, 6) is -1.11. The summed E-state index contributed by atoms with van der Waals surface area (Å²) in [6, 6.07) is 0. The molecule has 11 heteroatoms. The maximum Gasteiger partial charge on any atom is 0.472 e. The topological polar surface area (TPSA) is 149 Å². The van der Waals surface area contributed by atoms with Gasteiger partial charge in [-0.2, -0.15) is 0 Å². The second-order valence-electron chi connectivity index (χ2n) is 13.2. The molecule has 3 N–H and O–H groups in total. The van der Waals surface area contributed by atoms with E-state index in [1.54, 1.807) is 0 Å². The molecule has 0 bridgehead atoms. The van der Waals surface area contributed by atoms with Crippen molar-refractivity contribution in [1.82, 2.24) is 0 Å². The monoisotopic (exact) mass is 840 g/mol. The van der Waals surface area contributed by atoms with E-state index in [0.717, 1.165) is 70.6 Å². The number of phosphoric acid groups is 1. The Morgan fingerprint density at radius 3 is 1.29 bits per heavy atom. The summed E-state index contributed by atoms with van der Waals surface area (Å²) in [6.07, 6.45) is 55.8. The Labute approximate surface area is 355 Å². The molecular formula is C48H73O10P. The summed E-state index contributed by atoms with van der Waals surface area (Å²) >= 11 is 0. The molecule has 0 aromatic heterocycles. The fraction of sp³-hybridized carbons (Fsp3) is 0.500. The number of aliphatic hydroxyl groups is 2. The van der Waals surface area contributed by atoms with E-state index < -0.39 is 51.8 Å². The number of phosphoric ester groups is 1. The van der Waals surface area contributed by atoms with Crippen LogP contribution in [0.3, 0.4) is 0 Å². The van der Waals surface area contributed by atoms with E-state index in [1.165, 1.54) is 0 Å². The predicted octanol–water partition coefficient (Wildman–Crippen LogP) is 11.3. The van der Waals surface area contributed by atoms with Crippen LogP contribution in [0.5, 0.6) is 0 Å². The van der Waals surface area contributed by atoms with Crippen LogP contribution >= 0.6 is 7.82 Å². The summed E-state index contributed by atoms with van der Waals surface area (Å²) in [4.78, 5) is 34.9. The summed E-state index contributed by atoms with van der Waals surface area (Å²) in [7, 11) is -4.66. The molecule has 0 radical (unpaired) electrons. The quantitative estimate of drug-likeness (QED) is 0.0239. The van der Waals surface area contributed by atoms with E-state index in [9.17, 15) is 24.2 Å².